The molecule has 0 saturated carbocycles. The molecular formula is C47H56O3. The molecule has 0 saturated heterocycles. The summed E-state index contributed by atoms with van der Waals surface area (Å²) in [6, 6.07) is 36.6. The summed E-state index contributed by atoms with van der Waals surface area (Å²) in [6.07, 6.45) is 2.78. The fourth-order valence-electron chi connectivity index (χ4n) is 6.88. The maximum Gasteiger partial charge on any atom is 0.123 e. The van der Waals surface area contributed by atoms with E-state index >= 15 is 0 Å². The highest BCUT2D eigenvalue weighted by molar-refractivity contribution is 5.62. The van der Waals surface area contributed by atoms with Crippen LogP contribution in [0.1, 0.15) is 143 Å². The quantitative estimate of drug-likeness (QED) is 0.116. The smallest absolute Gasteiger partial charge is 0.123 e. The lowest BCUT2D eigenvalue weighted by atomic mass is 9.72. The number of phenols is 3. The number of hydrogen-bond acceptors (Lipinski definition) is 3. The van der Waals surface area contributed by atoms with E-state index in [1.807, 2.05) is 60.7 Å². The highest BCUT2D eigenvalue weighted by Gasteiger charge is 2.33. The van der Waals surface area contributed by atoms with Crippen molar-refractivity contribution in [2.75, 3.05) is 0 Å². The van der Waals surface area contributed by atoms with Gasteiger partial charge in [-0.15, -0.1) is 0 Å². The summed E-state index contributed by atoms with van der Waals surface area (Å²) in [4.78, 5) is 0. The van der Waals surface area contributed by atoms with Crippen molar-refractivity contribution >= 4 is 0 Å². The first-order valence-corrected chi connectivity index (χ1v) is 18.3. The molecule has 0 fully saturated rings. The molecule has 2 atom stereocenters. The minimum Gasteiger partial charge on any atom is -0.508 e. The van der Waals surface area contributed by atoms with Gasteiger partial charge in [-0.1, -0.05) is 159 Å². The average Bonchev–Trinajstić information content (AvgIpc) is 3.12. The average molecular weight is 669 g/mol. The minimum atomic E-state index is -0.453. The first-order chi connectivity index (χ1) is 23.6. The third kappa shape index (κ3) is 7.20. The second kappa shape index (κ2) is 14.4. The summed E-state index contributed by atoms with van der Waals surface area (Å²) in [7, 11) is 0. The fraction of sp³-hybridized carbons (Fsp3) is 0.362. The number of phenolic OH excluding ortho intramolecular Hbond substituents is 3. The monoisotopic (exact) mass is 668 g/mol. The van der Waals surface area contributed by atoms with E-state index in [4.69, 9.17) is 0 Å². The zero-order valence-corrected chi connectivity index (χ0v) is 31.5. The summed E-state index contributed by atoms with van der Waals surface area (Å²) < 4.78 is 0. The highest BCUT2D eigenvalue weighted by atomic mass is 16.3. The van der Waals surface area contributed by atoms with Gasteiger partial charge >= 0.3 is 0 Å². The standard InChI is InChI=1S/C47H56O3/c1-10-45(4,5)33-23-25-40(48)36(27-33)42(31-19-15-13-16-20-31)38-29-35(47(8,9)12-3)30-39(44(38)50)43(32-21-17-14-18-22-32)37-28-34(24-26-41(37)49)46(6,7)11-2/h13-30,42-43,48-50H,10-12H2,1-9H3. The number of benzene rings is 5. The van der Waals surface area contributed by atoms with Gasteiger partial charge in [-0.3, -0.25) is 0 Å². The van der Waals surface area contributed by atoms with Crippen LogP contribution in [0.2, 0.25) is 0 Å². The van der Waals surface area contributed by atoms with Crippen LogP contribution in [0.5, 0.6) is 17.2 Å². The van der Waals surface area contributed by atoms with Crippen LogP contribution in [0.15, 0.2) is 109 Å². The van der Waals surface area contributed by atoms with Crippen LogP contribution in [0.4, 0.5) is 0 Å². The topological polar surface area (TPSA) is 60.7 Å². The maximum atomic E-state index is 12.8. The Bertz CT molecular complexity index is 1790. The van der Waals surface area contributed by atoms with Gasteiger partial charge in [0.15, 0.2) is 0 Å². The lowest BCUT2D eigenvalue weighted by Gasteiger charge is -2.32. The van der Waals surface area contributed by atoms with Gasteiger partial charge in [0.1, 0.15) is 17.2 Å². The fourth-order valence-corrected chi connectivity index (χ4v) is 6.88. The SMILES string of the molecule is CCC(C)(C)c1ccc(O)c(C(c2ccccc2)c2cc(C(C)(C)CC)cc(C(c3ccccc3)c3cc(C(C)(C)CC)ccc3O)c2O)c1. The van der Waals surface area contributed by atoms with Crippen LogP contribution < -0.4 is 0 Å². The van der Waals surface area contributed by atoms with Gasteiger partial charge in [0.05, 0.1) is 0 Å². The maximum absolute atomic E-state index is 12.8. The van der Waals surface area contributed by atoms with Crippen LogP contribution in [0, 0.1) is 0 Å². The van der Waals surface area contributed by atoms with E-state index in [-0.39, 0.29) is 33.5 Å². The number of rotatable bonds is 12. The predicted octanol–water partition coefficient (Wildman–Crippen LogP) is 12.2. The first kappa shape index (κ1) is 36.8. The van der Waals surface area contributed by atoms with E-state index < -0.39 is 11.8 Å². The van der Waals surface area contributed by atoms with Gasteiger partial charge in [0.2, 0.25) is 0 Å². The molecule has 0 bridgehead atoms. The summed E-state index contributed by atoms with van der Waals surface area (Å²) in [5, 5.41) is 36.0. The molecule has 0 spiro atoms. The van der Waals surface area contributed by atoms with Crippen molar-refractivity contribution in [3.8, 4) is 17.2 Å². The second-order valence-corrected chi connectivity index (χ2v) is 16.0. The van der Waals surface area contributed by atoms with Crippen LogP contribution >= 0.6 is 0 Å². The molecule has 0 aromatic heterocycles. The van der Waals surface area contributed by atoms with Crippen molar-refractivity contribution in [2.45, 2.75) is 110 Å². The van der Waals surface area contributed by atoms with E-state index in [0.717, 1.165) is 69.3 Å². The Hall–Kier alpha value is -4.50. The summed E-state index contributed by atoms with van der Waals surface area (Å²) in [5.74, 6) is -0.344. The van der Waals surface area contributed by atoms with Crippen LogP contribution in [-0.4, -0.2) is 15.3 Å². The Morgan fingerprint density at radius 1 is 0.420 bits per heavy atom. The lowest BCUT2D eigenvalue weighted by Crippen LogP contribution is -2.19. The zero-order valence-electron chi connectivity index (χ0n) is 31.5. The molecule has 5 rings (SSSR count). The molecule has 0 aliphatic heterocycles. The molecule has 0 heterocycles. The Kier molecular flexibility index (Phi) is 10.6. The summed E-state index contributed by atoms with van der Waals surface area (Å²) in [5.41, 5.74) is 7.90. The first-order valence-electron chi connectivity index (χ1n) is 18.3. The van der Waals surface area contributed by atoms with Crippen molar-refractivity contribution in [3.05, 3.63) is 159 Å². The predicted molar refractivity (Wildman–Crippen MR) is 209 cm³/mol. The van der Waals surface area contributed by atoms with Gasteiger partial charge in [0, 0.05) is 34.1 Å². The molecule has 5 aromatic carbocycles. The molecule has 3 heteroatoms. The second-order valence-electron chi connectivity index (χ2n) is 16.0. The molecule has 3 N–H and O–H groups in total. The largest absolute Gasteiger partial charge is 0.508 e. The van der Waals surface area contributed by atoms with Crippen molar-refractivity contribution in [1.29, 1.82) is 0 Å². The van der Waals surface area contributed by atoms with Crippen LogP contribution in [0.3, 0.4) is 0 Å². The van der Waals surface area contributed by atoms with Gasteiger partial charge < -0.3 is 15.3 Å². The van der Waals surface area contributed by atoms with E-state index in [2.05, 4.69) is 111 Å². The van der Waals surface area contributed by atoms with Gasteiger partial charge in [-0.2, -0.15) is 0 Å². The summed E-state index contributed by atoms with van der Waals surface area (Å²) in [6.45, 7) is 20.0. The Morgan fingerprint density at radius 2 is 0.740 bits per heavy atom. The Labute approximate surface area is 300 Å². The van der Waals surface area contributed by atoms with Gasteiger partial charge in [-0.05, 0) is 75.5 Å². The molecule has 3 nitrogen and oxygen atoms in total. The van der Waals surface area contributed by atoms with E-state index in [9.17, 15) is 15.3 Å². The molecule has 0 amide bonds. The lowest BCUT2D eigenvalue weighted by molar-refractivity contribution is 0.446. The van der Waals surface area contributed by atoms with E-state index in [1.54, 1.807) is 0 Å². The van der Waals surface area contributed by atoms with E-state index in [1.165, 1.54) is 0 Å². The van der Waals surface area contributed by atoms with Crippen molar-refractivity contribution in [2.24, 2.45) is 0 Å². The Morgan fingerprint density at radius 3 is 1.08 bits per heavy atom. The molecule has 262 valence electrons. The molecule has 2 unspecified atom stereocenters. The van der Waals surface area contributed by atoms with Gasteiger partial charge in [0.25, 0.3) is 0 Å². The van der Waals surface area contributed by atoms with Crippen LogP contribution in [-0.2, 0) is 16.2 Å². The van der Waals surface area contributed by atoms with Crippen LogP contribution in [0.25, 0.3) is 0 Å². The molecule has 0 aliphatic carbocycles. The van der Waals surface area contributed by atoms with Gasteiger partial charge in [-0.25, -0.2) is 0 Å². The van der Waals surface area contributed by atoms with Crippen molar-refractivity contribution in [1.82, 2.24) is 0 Å². The van der Waals surface area contributed by atoms with E-state index in [0.29, 0.717) is 0 Å². The number of hydrogen-bond donors (Lipinski definition) is 3. The molecule has 0 radical (unpaired) electrons. The third-order valence-electron chi connectivity index (χ3n) is 11.7. The molecule has 50 heavy (non-hydrogen) atoms. The van der Waals surface area contributed by atoms with Crippen molar-refractivity contribution in [3.63, 3.8) is 0 Å². The highest BCUT2D eigenvalue weighted by Crippen LogP contribution is 2.50. The molecular weight excluding hydrogens is 613 g/mol. The third-order valence-corrected chi connectivity index (χ3v) is 11.7. The zero-order chi connectivity index (χ0) is 36.4. The molecule has 0 aliphatic rings. The molecule has 5 aromatic rings. The number of aromatic hydroxyl groups is 3. The summed E-state index contributed by atoms with van der Waals surface area (Å²) >= 11 is 0. The minimum absolute atomic E-state index is 0.101. The Balaban J connectivity index is 1.91. The normalized spacial score (nSPS) is 13.6. The van der Waals surface area contributed by atoms with Crippen molar-refractivity contribution < 1.29 is 15.3 Å².